The maximum absolute atomic E-state index is 14.1. The van der Waals surface area contributed by atoms with E-state index in [1.165, 1.54) is 11.0 Å². The smallest absolute Gasteiger partial charge is 0.411 e. The Hall–Kier alpha value is -4.64. The molecule has 3 aromatic rings. The number of piperazine rings is 1. The van der Waals surface area contributed by atoms with Crippen LogP contribution in [0, 0.1) is 10.1 Å². The third-order valence-corrected chi connectivity index (χ3v) is 8.41. The number of anilines is 1. The molecule has 0 aromatic heterocycles. The molecule has 2 unspecified atom stereocenters. The van der Waals surface area contributed by atoms with Crippen molar-refractivity contribution < 1.29 is 24.0 Å². The van der Waals surface area contributed by atoms with Crippen molar-refractivity contribution >= 4 is 40.9 Å². The van der Waals surface area contributed by atoms with E-state index in [-0.39, 0.29) is 31.0 Å². The summed E-state index contributed by atoms with van der Waals surface area (Å²) in [6.45, 7) is 6.94. The van der Waals surface area contributed by atoms with Crippen LogP contribution in [-0.2, 0) is 33.7 Å². The van der Waals surface area contributed by atoms with E-state index in [1.54, 1.807) is 56.0 Å². The lowest BCUT2D eigenvalue weighted by atomic mass is 9.93. The number of halogens is 1. The van der Waals surface area contributed by atoms with Gasteiger partial charge in [-0.25, -0.2) is 4.79 Å². The number of nitro groups is 1. The van der Waals surface area contributed by atoms with Crippen LogP contribution in [0.2, 0.25) is 5.02 Å². The van der Waals surface area contributed by atoms with E-state index >= 15 is 0 Å². The highest BCUT2D eigenvalue weighted by atomic mass is 35.5. The molecule has 0 aliphatic carbocycles. The zero-order valence-corrected chi connectivity index (χ0v) is 26.9. The quantitative estimate of drug-likeness (QED) is 0.283. The normalized spacial score (nSPS) is 17.1. The Balaban J connectivity index is 1.36. The first-order chi connectivity index (χ1) is 21.9. The van der Waals surface area contributed by atoms with E-state index in [1.807, 2.05) is 41.3 Å². The lowest BCUT2D eigenvalue weighted by molar-refractivity contribution is -0.384. The van der Waals surface area contributed by atoms with Crippen LogP contribution < -0.4 is 10.2 Å². The van der Waals surface area contributed by atoms with Crippen molar-refractivity contribution in [3.8, 4) is 0 Å². The van der Waals surface area contributed by atoms with E-state index in [9.17, 15) is 24.5 Å². The summed E-state index contributed by atoms with van der Waals surface area (Å²) in [6.07, 6.45) is -0.117. The Morgan fingerprint density at radius 3 is 2.24 bits per heavy atom. The van der Waals surface area contributed by atoms with Crippen LogP contribution in [-0.4, -0.2) is 76.5 Å². The third-order valence-electron chi connectivity index (χ3n) is 8.16. The molecule has 3 amide bonds. The lowest BCUT2D eigenvalue weighted by Crippen LogP contribution is -2.59. The zero-order valence-electron chi connectivity index (χ0n) is 26.1. The molecule has 2 aliphatic heterocycles. The topological polar surface area (TPSA) is 125 Å². The Bertz CT molecular complexity index is 1600. The lowest BCUT2D eigenvalue weighted by Gasteiger charge is -2.39. The van der Waals surface area contributed by atoms with Crippen LogP contribution in [0.1, 0.15) is 37.5 Å². The van der Waals surface area contributed by atoms with Crippen molar-refractivity contribution in [3.05, 3.63) is 105 Å². The molecule has 1 N–H and O–H groups in total. The molecule has 242 valence electrons. The predicted molar refractivity (Wildman–Crippen MR) is 175 cm³/mol. The van der Waals surface area contributed by atoms with Crippen LogP contribution in [0.3, 0.4) is 0 Å². The van der Waals surface area contributed by atoms with Crippen molar-refractivity contribution in [1.29, 1.82) is 0 Å². The van der Waals surface area contributed by atoms with Gasteiger partial charge in [0.25, 0.3) is 5.69 Å². The number of ether oxygens (including phenoxy) is 1. The van der Waals surface area contributed by atoms with E-state index in [0.29, 0.717) is 36.9 Å². The molecule has 5 rings (SSSR count). The monoisotopic (exact) mass is 647 g/mol. The summed E-state index contributed by atoms with van der Waals surface area (Å²) in [7, 11) is 0. The second kappa shape index (κ2) is 13.8. The van der Waals surface area contributed by atoms with E-state index < -0.39 is 34.6 Å². The number of carbonyl (C=O) groups is 3. The number of benzene rings is 3. The minimum Gasteiger partial charge on any atom is -0.444 e. The highest BCUT2D eigenvalue weighted by Gasteiger charge is 2.39. The molecule has 0 saturated carbocycles. The molecule has 2 heterocycles. The average Bonchev–Trinajstić information content (AvgIpc) is 3.03. The summed E-state index contributed by atoms with van der Waals surface area (Å²) >= 11 is 6.10. The number of carbonyl (C=O) groups excluding carboxylic acids is 3. The first-order valence-electron chi connectivity index (χ1n) is 15.3. The molecule has 11 nitrogen and oxygen atoms in total. The molecule has 2 aliphatic rings. The van der Waals surface area contributed by atoms with Gasteiger partial charge in [-0.05, 0) is 55.7 Å². The predicted octanol–water partition coefficient (Wildman–Crippen LogP) is 4.99. The first-order valence-corrected chi connectivity index (χ1v) is 15.7. The Morgan fingerprint density at radius 2 is 1.59 bits per heavy atom. The van der Waals surface area contributed by atoms with Crippen LogP contribution in [0.15, 0.2) is 72.8 Å². The van der Waals surface area contributed by atoms with Gasteiger partial charge in [0.1, 0.15) is 23.4 Å². The number of rotatable bonds is 7. The highest BCUT2D eigenvalue weighted by Crippen LogP contribution is 2.29. The Kier molecular flexibility index (Phi) is 9.81. The van der Waals surface area contributed by atoms with E-state index in [4.69, 9.17) is 16.3 Å². The van der Waals surface area contributed by atoms with Gasteiger partial charge in [-0.1, -0.05) is 60.1 Å². The van der Waals surface area contributed by atoms with Crippen molar-refractivity contribution in [1.82, 2.24) is 15.1 Å². The molecule has 0 spiro atoms. The van der Waals surface area contributed by atoms with Gasteiger partial charge in [0, 0.05) is 50.1 Å². The molecular formula is C34H38ClN5O6. The number of fused-ring (bicyclic) bond motifs is 1. The number of para-hydroxylation sites is 2. The number of nitrogens with one attached hydrogen (secondary N) is 1. The first kappa shape index (κ1) is 32.7. The number of hydrogen-bond acceptors (Lipinski definition) is 7. The second-order valence-corrected chi connectivity index (χ2v) is 13.0. The summed E-state index contributed by atoms with van der Waals surface area (Å²) in [6, 6.07) is 19.5. The molecule has 0 bridgehead atoms. The van der Waals surface area contributed by atoms with Crippen molar-refractivity contribution in [3.63, 3.8) is 0 Å². The van der Waals surface area contributed by atoms with Crippen LogP contribution in [0.4, 0.5) is 16.2 Å². The molecule has 3 aromatic carbocycles. The SMILES string of the molecule is CC(C)(C)OC(=O)N1Cc2ccccc2CC1C(=O)NC(Cc1ccc(Cl)cc1)C(=O)N1CCN(c2ccccc2[N+](=O)[O-])CC1. The molecule has 2 atom stereocenters. The minimum atomic E-state index is -0.927. The fourth-order valence-electron chi connectivity index (χ4n) is 5.87. The number of nitrogens with zero attached hydrogens (tertiary/aromatic N) is 4. The summed E-state index contributed by atoms with van der Waals surface area (Å²) in [4.78, 5) is 57.6. The van der Waals surface area contributed by atoms with Gasteiger partial charge in [-0.2, -0.15) is 0 Å². The summed E-state index contributed by atoms with van der Waals surface area (Å²) in [5.74, 6) is -0.725. The minimum absolute atomic E-state index is 0.0127. The molecule has 12 heteroatoms. The maximum atomic E-state index is 14.1. The molecule has 1 saturated heterocycles. The number of nitro benzene ring substituents is 1. The Morgan fingerprint density at radius 1 is 0.957 bits per heavy atom. The van der Waals surface area contributed by atoms with Crippen molar-refractivity contribution in [2.75, 3.05) is 31.1 Å². The molecule has 46 heavy (non-hydrogen) atoms. The fourth-order valence-corrected chi connectivity index (χ4v) is 5.99. The zero-order chi connectivity index (χ0) is 33.0. The van der Waals surface area contributed by atoms with E-state index in [0.717, 1.165) is 16.7 Å². The second-order valence-electron chi connectivity index (χ2n) is 12.5. The van der Waals surface area contributed by atoms with Gasteiger partial charge in [0.05, 0.1) is 11.5 Å². The highest BCUT2D eigenvalue weighted by molar-refractivity contribution is 6.30. The molecule has 0 radical (unpaired) electrons. The van der Waals surface area contributed by atoms with Crippen LogP contribution >= 0.6 is 11.6 Å². The summed E-state index contributed by atoms with van der Waals surface area (Å²) < 4.78 is 5.67. The van der Waals surface area contributed by atoms with Gasteiger partial charge >= 0.3 is 6.09 Å². The largest absolute Gasteiger partial charge is 0.444 e. The summed E-state index contributed by atoms with van der Waals surface area (Å²) in [5, 5.41) is 15.1. The van der Waals surface area contributed by atoms with Gasteiger partial charge in [-0.3, -0.25) is 24.6 Å². The standard InChI is InChI=1S/C34H38ClN5O6/c1-34(2,3)46-33(43)39-22-25-9-5-4-8-24(25)21-30(39)31(41)36-27(20-23-12-14-26(35)15-13-23)32(42)38-18-16-37(17-19-38)28-10-6-7-11-29(28)40(44)45/h4-15,27,30H,16-22H2,1-3H3,(H,36,41). The average molecular weight is 648 g/mol. The third kappa shape index (κ3) is 7.77. The van der Waals surface area contributed by atoms with Crippen molar-refractivity contribution in [2.24, 2.45) is 0 Å². The van der Waals surface area contributed by atoms with Crippen LogP contribution in [0.25, 0.3) is 0 Å². The maximum Gasteiger partial charge on any atom is 0.411 e. The summed E-state index contributed by atoms with van der Waals surface area (Å²) in [5.41, 5.74) is 2.45. The molecule has 1 fully saturated rings. The van der Waals surface area contributed by atoms with Gasteiger partial charge in [0.15, 0.2) is 0 Å². The van der Waals surface area contributed by atoms with Gasteiger partial charge in [0.2, 0.25) is 11.8 Å². The Labute approximate surface area is 273 Å². The van der Waals surface area contributed by atoms with Crippen molar-refractivity contribution in [2.45, 2.75) is 57.8 Å². The van der Waals surface area contributed by atoms with E-state index in [2.05, 4.69) is 5.32 Å². The number of hydrogen-bond donors (Lipinski definition) is 1. The van der Waals surface area contributed by atoms with Crippen LogP contribution in [0.5, 0.6) is 0 Å². The van der Waals surface area contributed by atoms with Gasteiger partial charge < -0.3 is 19.9 Å². The number of amides is 3. The molecular weight excluding hydrogens is 610 g/mol. The van der Waals surface area contributed by atoms with Gasteiger partial charge in [-0.15, -0.1) is 0 Å². The fraction of sp³-hybridized carbons (Fsp3) is 0.382.